The molecular formula is C15H14ClNO3. The van der Waals surface area contributed by atoms with Gasteiger partial charge in [0.05, 0.1) is 10.8 Å². The second kappa shape index (κ2) is 5.92. The number of nitro benzene ring substituents is 1. The molecular weight excluding hydrogens is 278 g/mol. The fraction of sp³-hybridized carbons (Fsp3) is 0.200. The maximum Gasteiger partial charge on any atom is 0.274 e. The normalized spacial score (nSPS) is 10.3. The van der Waals surface area contributed by atoms with Gasteiger partial charge in [-0.25, -0.2) is 0 Å². The molecule has 2 aromatic carbocycles. The molecule has 4 nitrogen and oxygen atoms in total. The molecule has 2 aromatic rings. The Morgan fingerprint density at radius 3 is 2.60 bits per heavy atom. The Labute approximate surface area is 122 Å². The van der Waals surface area contributed by atoms with Crippen LogP contribution in [0.4, 0.5) is 5.69 Å². The zero-order valence-corrected chi connectivity index (χ0v) is 12.0. The lowest BCUT2D eigenvalue weighted by molar-refractivity contribution is -0.385. The molecule has 0 N–H and O–H groups in total. The lowest BCUT2D eigenvalue weighted by Gasteiger charge is -2.10. The molecule has 0 saturated carbocycles. The van der Waals surface area contributed by atoms with Gasteiger partial charge in [-0.05, 0) is 43.2 Å². The fourth-order valence-electron chi connectivity index (χ4n) is 1.85. The van der Waals surface area contributed by atoms with Crippen molar-refractivity contribution in [2.24, 2.45) is 0 Å². The van der Waals surface area contributed by atoms with Crippen LogP contribution in [0.25, 0.3) is 0 Å². The summed E-state index contributed by atoms with van der Waals surface area (Å²) < 4.78 is 5.79. The highest BCUT2D eigenvalue weighted by Gasteiger charge is 2.14. The average Bonchev–Trinajstić information content (AvgIpc) is 2.42. The van der Waals surface area contributed by atoms with Gasteiger partial charge in [0.1, 0.15) is 11.5 Å². The van der Waals surface area contributed by atoms with Crippen LogP contribution in [0.3, 0.4) is 0 Å². The average molecular weight is 292 g/mol. The van der Waals surface area contributed by atoms with Crippen LogP contribution < -0.4 is 4.74 Å². The molecule has 0 heterocycles. The summed E-state index contributed by atoms with van der Waals surface area (Å²) in [5.41, 5.74) is 2.54. The van der Waals surface area contributed by atoms with Crippen LogP contribution in [0.15, 0.2) is 36.4 Å². The number of ether oxygens (including phenoxy) is 1. The minimum absolute atomic E-state index is 0.00770. The summed E-state index contributed by atoms with van der Waals surface area (Å²) in [4.78, 5) is 10.4. The predicted molar refractivity (Wildman–Crippen MR) is 78.6 cm³/mol. The number of nitro groups is 1. The summed E-state index contributed by atoms with van der Waals surface area (Å²) in [7, 11) is 0. The summed E-state index contributed by atoms with van der Waals surface area (Å²) in [5.74, 6) is 1.35. The molecule has 0 radical (unpaired) electrons. The van der Waals surface area contributed by atoms with E-state index in [0.29, 0.717) is 11.3 Å². The van der Waals surface area contributed by atoms with Crippen LogP contribution in [0, 0.1) is 24.0 Å². The third-order valence-corrected chi connectivity index (χ3v) is 3.25. The van der Waals surface area contributed by atoms with E-state index in [9.17, 15) is 10.1 Å². The Balaban J connectivity index is 2.34. The molecule has 0 aliphatic heterocycles. The van der Waals surface area contributed by atoms with Crippen LogP contribution in [-0.2, 0) is 5.88 Å². The molecule has 0 aromatic heterocycles. The van der Waals surface area contributed by atoms with Gasteiger partial charge in [-0.1, -0.05) is 12.1 Å². The van der Waals surface area contributed by atoms with Crippen molar-refractivity contribution < 1.29 is 9.66 Å². The second-order valence-electron chi connectivity index (χ2n) is 4.55. The van der Waals surface area contributed by atoms with Crippen LogP contribution in [0.1, 0.15) is 16.7 Å². The lowest BCUT2D eigenvalue weighted by Crippen LogP contribution is -1.95. The van der Waals surface area contributed by atoms with Crippen molar-refractivity contribution >= 4 is 17.3 Å². The molecule has 5 heteroatoms. The van der Waals surface area contributed by atoms with Crippen molar-refractivity contribution in [2.75, 3.05) is 0 Å². The topological polar surface area (TPSA) is 52.4 Å². The van der Waals surface area contributed by atoms with Gasteiger partial charge in [-0.15, -0.1) is 11.6 Å². The van der Waals surface area contributed by atoms with Crippen LogP contribution in [0.5, 0.6) is 11.5 Å². The van der Waals surface area contributed by atoms with Gasteiger partial charge in [0, 0.05) is 11.6 Å². The van der Waals surface area contributed by atoms with E-state index in [-0.39, 0.29) is 11.6 Å². The Morgan fingerprint density at radius 2 is 1.95 bits per heavy atom. The van der Waals surface area contributed by atoms with E-state index in [1.165, 1.54) is 6.07 Å². The Bertz CT molecular complexity index is 656. The Kier molecular flexibility index (Phi) is 4.25. The molecule has 0 aliphatic rings. The van der Waals surface area contributed by atoms with Crippen molar-refractivity contribution in [3.05, 3.63) is 63.2 Å². The number of rotatable bonds is 4. The van der Waals surface area contributed by atoms with Gasteiger partial charge in [0.15, 0.2) is 0 Å². The monoisotopic (exact) mass is 291 g/mol. The molecule has 0 spiro atoms. The smallest absolute Gasteiger partial charge is 0.274 e. The number of benzene rings is 2. The van der Waals surface area contributed by atoms with E-state index in [1.807, 2.05) is 32.0 Å². The Hall–Kier alpha value is -2.07. The number of hydrogen-bond donors (Lipinski definition) is 0. The molecule has 0 saturated heterocycles. The zero-order chi connectivity index (χ0) is 14.7. The largest absolute Gasteiger partial charge is 0.457 e. The number of hydrogen-bond acceptors (Lipinski definition) is 3. The summed E-state index contributed by atoms with van der Waals surface area (Å²) in [6, 6.07) is 10.5. The molecule has 0 bridgehead atoms. The Morgan fingerprint density at radius 1 is 1.20 bits per heavy atom. The number of nitrogens with zero attached hydrogens (tertiary/aromatic N) is 1. The minimum Gasteiger partial charge on any atom is -0.457 e. The summed E-state index contributed by atoms with van der Waals surface area (Å²) in [5, 5.41) is 10.9. The predicted octanol–water partition coefficient (Wildman–Crippen LogP) is 4.74. The van der Waals surface area contributed by atoms with Gasteiger partial charge in [-0.3, -0.25) is 10.1 Å². The number of halogens is 1. The summed E-state index contributed by atoms with van der Waals surface area (Å²) >= 11 is 5.75. The highest BCUT2D eigenvalue weighted by Crippen LogP contribution is 2.30. The van der Waals surface area contributed by atoms with Crippen LogP contribution >= 0.6 is 11.6 Å². The fourth-order valence-corrected chi connectivity index (χ4v) is 2.07. The van der Waals surface area contributed by atoms with E-state index >= 15 is 0 Å². The molecule has 2 rings (SSSR count). The van der Waals surface area contributed by atoms with Gasteiger partial charge in [0.2, 0.25) is 0 Å². The van der Waals surface area contributed by atoms with E-state index in [4.69, 9.17) is 16.3 Å². The molecule has 0 unspecified atom stereocenters. The maximum atomic E-state index is 10.9. The van der Waals surface area contributed by atoms with Gasteiger partial charge < -0.3 is 4.74 Å². The first kappa shape index (κ1) is 14.3. The summed E-state index contributed by atoms with van der Waals surface area (Å²) in [6.45, 7) is 3.93. The molecule has 0 amide bonds. The molecule has 0 aliphatic carbocycles. The highest BCUT2D eigenvalue weighted by molar-refractivity contribution is 6.17. The first-order chi connectivity index (χ1) is 9.51. The van der Waals surface area contributed by atoms with Crippen LogP contribution in [-0.4, -0.2) is 4.92 Å². The SMILES string of the molecule is Cc1ccc(C)c(Oc2ccc([N+](=O)[O-])c(CCl)c2)c1. The number of alkyl halides is 1. The highest BCUT2D eigenvalue weighted by atomic mass is 35.5. The zero-order valence-electron chi connectivity index (χ0n) is 11.2. The standard InChI is InChI=1S/C15H14ClNO3/c1-10-3-4-11(2)15(7-10)20-13-5-6-14(17(18)19)12(8-13)9-16/h3-8H,9H2,1-2H3. The van der Waals surface area contributed by atoms with Crippen molar-refractivity contribution in [1.29, 1.82) is 0 Å². The molecule has 0 fully saturated rings. The third-order valence-electron chi connectivity index (χ3n) is 2.96. The van der Waals surface area contributed by atoms with E-state index in [0.717, 1.165) is 16.9 Å². The first-order valence-corrected chi connectivity index (χ1v) is 6.63. The molecule has 104 valence electrons. The second-order valence-corrected chi connectivity index (χ2v) is 4.82. The van der Waals surface area contributed by atoms with Gasteiger partial charge in [0.25, 0.3) is 5.69 Å². The quantitative estimate of drug-likeness (QED) is 0.464. The van der Waals surface area contributed by atoms with Crippen molar-refractivity contribution in [2.45, 2.75) is 19.7 Å². The minimum atomic E-state index is -0.445. The third kappa shape index (κ3) is 3.08. The van der Waals surface area contributed by atoms with E-state index < -0.39 is 4.92 Å². The summed E-state index contributed by atoms with van der Waals surface area (Å²) in [6.07, 6.45) is 0. The van der Waals surface area contributed by atoms with Crippen molar-refractivity contribution in [3.63, 3.8) is 0 Å². The molecule has 0 atom stereocenters. The van der Waals surface area contributed by atoms with Gasteiger partial charge >= 0.3 is 0 Å². The van der Waals surface area contributed by atoms with Crippen molar-refractivity contribution in [3.8, 4) is 11.5 Å². The first-order valence-electron chi connectivity index (χ1n) is 6.09. The van der Waals surface area contributed by atoms with Crippen LogP contribution in [0.2, 0.25) is 0 Å². The molecule has 20 heavy (non-hydrogen) atoms. The van der Waals surface area contributed by atoms with E-state index in [2.05, 4.69) is 0 Å². The number of aryl methyl sites for hydroxylation is 2. The van der Waals surface area contributed by atoms with Crippen molar-refractivity contribution in [1.82, 2.24) is 0 Å². The lowest BCUT2D eigenvalue weighted by atomic mass is 10.1. The maximum absolute atomic E-state index is 10.9. The van der Waals surface area contributed by atoms with Gasteiger partial charge in [-0.2, -0.15) is 0 Å². The van der Waals surface area contributed by atoms with E-state index in [1.54, 1.807) is 12.1 Å².